The number of aromatic nitrogens is 3. The van der Waals surface area contributed by atoms with Gasteiger partial charge >= 0.3 is 13.7 Å². The van der Waals surface area contributed by atoms with Gasteiger partial charge in [-0.3, -0.25) is 14.1 Å². The van der Waals surface area contributed by atoms with Gasteiger partial charge < -0.3 is 29.9 Å². The lowest BCUT2D eigenvalue weighted by Gasteiger charge is -2.25. The van der Waals surface area contributed by atoms with E-state index in [4.69, 9.17) is 24.3 Å². The van der Waals surface area contributed by atoms with Crippen molar-refractivity contribution in [2.45, 2.75) is 57.5 Å². The highest BCUT2D eigenvalue weighted by Crippen LogP contribution is 2.46. The van der Waals surface area contributed by atoms with Gasteiger partial charge in [0.05, 0.1) is 12.7 Å². The Morgan fingerprint density at radius 1 is 1.23 bits per heavy atom. The van der Waals surface area contributed by atoms with E-state index in [1.165, 1.54) is 19.1 Å². The standard InChI is InChI=1S/C20H28N5O9P/c1-11(2)32-20(29)12(3)24-35(30,34-13-7-5-4-6-8-13)31-9-14-15(26)16(27)19(33-14)25-10-22-18(23-25)17(21)28/h4-8,10-12,14-16,19,26-27H,9H2,1-3H3,(H2,21,28)(H,24,30). The maximum Gasteiger partial charge on any atom is 0.459 e. The molecule has 2 aromatic rings. The third-order valence-corrected chi connectivity index (χ3v) is 6.41. The molecule has 15 heteroatoms. The zero-order valence-corrected chi connectivity index (χ0v) is 20.1. The van der Waals surface area contributed by atoms with Gasteiger partial charge in [-0.1, -0.05) is 18.2 Å². The number of nitrogens with zero attached hydrogens (tertiary/aromatic N) is 3. The summed E-state index contributed by atoms with van der Waals surface area (Å²) in [5.74, 6) is -1.67. The number of esters is 1. The molecule has 192 valence electrons. The van der Waals surface area contributed by atoms with Crippen molar-refractivity contribution in [1.82, 2.24) is 19.9 Å². The number of amides is 1. The molecule has 1 aromatic carbocycles. The lowest BCUT2D eigenvalue weighted by Crippen LogP contribution is -2.38. The first-order chi connectivity index (χ1) is 16.5. The molecule has 14 nitrogen and oxygen atoms in total. The molecule has 6 unspecified atom stereocenters. The Morgan fingerprint density at radius 2 is 1.91 bits per heavy atom. The molecule has 1 fully saturated rings. The number of hydrogen-bond donors (Lipinski definition) is 4. The summed E-state index contributed by atoms with van der Waals surface area (Å²) in [4.78, 5) is 27.2. The van der Waals surface area contributed by atoms with Gasteiger partial charge in [-0.2, -0.15) is 5.09 Å². The van der Waals surface area contributed by atoms with E-state index in [-0.39, 0.29) is 11.6 Å². The van der Waals surface area contributed by atoms with Crippen LogP contribution in [0.5, 0.6) is 5.75 Å². The van der Waals surface area contributed by atoms with Crippen LogP contribution in [0.25, 0.3) is 0 Å². The van der Waals surface area contributed by atoms with Crippen LogP contribution in [0.1, 0.15) is 37.6 Å². The minimum absolute atomic E-state index is 0.195. The number of carbonyl (C=O) groups excluding carboxylic acids is 2. The molecule has 0 saturated carbocycles. The Labute approximate surface area is 200 Å². The van der Waals surface area contributed by atoms with Gasteiger partial charge in [0.25, 0.3) is 5.91 Å². The molecule has 0 bridgehead atoms. The van der Waals surface area contributed by atoms with Crippen molar-refractivity contribution < 1.29 is 42.9 Å². The average Bonchev–Trinajstić information content (AvgIpc) is 3.38. The van der Waals surface area contributed by atoms with Gasteiger partial charge in [0, 0.05) is 0 Å². The molecule has 1 aliphatic rings. The van der Waals surface area contributed by atoms with Crippen LogP contribution in [0.4, 0.5) is 0 Å². The fourth-order valence-corrected chi connectivity index (χ4v) is 4.60. The number of ether oxygens (including phenoxy) is 2. The van der Waals surface area contributed by atoms with Crippen molar-refractivity contribution in [2.75, 3.05) is 6.61 Å². The van der Waals surface area contributed by atoms with Gasteiger partial charge in [0.1, 0.15) is 36.4 Å². The average molecular weight is 513 g/mol. The molecule has 1 aliphatic heterocycles. The Kier molecular flexibility index (Phi) is 8.59. The fraction of sp³-hybridized carbons (Fsp3) is 0.500. The molecule has 1 amide bonds. The Bertz CT molecular complexity index is 1070. The van der Waals surface area contributed by atoms with Crippen LogP contribution in [0, 0.1) is 0 Å². The number of nitrogens with one attached hydrogen (secondary N) is 1. The summed E-state index contributed by atoms with van der Waals surface area (Å²) in [5, 5.41) is 27.1. The van der Waals surface area contributed by atoms with Gasteiger partial charge in [-0.25, -0.2) is 14.2 Å². The minimum atomic E-state index is -4.21. The second-order valence-corrected chi connectivity index (χ2v) is 9.69. The fourth-order valence-electron chi connectivity index (χ4n) is 3.10. The van der Waals surface area contributed by atoms with E-state index in [1.807, 2.05) is 0 Å². The van der Waals surface area contributed by atoms with Gasteiger partial charge in [-0.15, -0.1) is 5.10 Å². The predicted molar refractivity (Wildman–Crippen MR) is 119 cm³/mol. The first kappa shape index (κ1) is 26.7. The topological polar surface area (TPSA) is 197 Å². The number of aliphatic hydroxyl groups is 2. The van der Waals surface area contributed by atoms with Crippen molar-refractivity contribution in [3.05, 3.63) is 42.5 Å². The lowest BCUT2D eigenvalue weighted by atomic mass is 10.1. The van der Waals surface area contributed by atoms with E-state index >= 15 is 0 Å². The van der Waals surface area contributed by atoms with Crippen LogP contribution < -0.4 is 15.3 Å². The molecular formula is C20H28N5O9P. The van der Waals surface area contributed by atoms with Crippen molar-refractivity contribution in [3.63, 3.8) is 0 Å². The monoisotopic (exact) mass is 513 g/mol. The second kappa shape index (κ2) is 11.2. The normalized spacial score (nSPS) is 24.6. The van der Waals surface area contributed by atoms with Gasteiger partial charge in [0.15, 0.2) is 6.23 Å². The van der Waals surface area contributed by atoms with Crippen LogP contribution in [0.15, 0.2) is 36.7 Å². The molecule has 0 aliphatic carbocycles. The highest BCUT2D eigenvalue weighted by atomic mass is 31.2. The number of carbonyl (C=O) groups is 2. The van der Waals surface area contributed by atoms with Crippen LogP contribution in [-0.4, -0.2) is 73.9 Å². The molecule has 35 heavy (non-hydrogen) atoms. The third-order valence-electron chi connectivity index (χ3n) is 4.76. The summed E-state index contributed by atoms with van der Waals surface area (Å²) in [6.45, 7) is 4.26. The van der Waals surface area contributed by atoms with Crippen molar-refractivity contribution in [2.24, 2.45) is 5.73 Å². The van der Waals surface area contributed by atoms with E-state index in [0.717, 1.165) is 11.0 Å². The summed E-state index contributed by atoms with van der Waals surface area (Å²) in [6.07, 6.45) is -4.64. The number of benzene rings is 1. The Hall–Kier alpha value is -2.87. The zero-order chi connectivity index (χ0) is 25.8. The van der Waals surface area contributed by atoms with Crippen LogP contribution in [-0.2, 0) is 23.4 Å². The quantitative estimate of drug-likeness (QED) is 0.234. The molecule has 0 radical (unpaired) electrons. The van der Waals surface area contributed by atoms with E-state index in [9.17, 15) is 24.4 Å². The minimum Gasteiger partial charge on any atom is -0.462 e. The van der Waals surface area contributed by atoms with E-state index < -0.39 is 62.9 Å². The van der Waals surface area contributed by atoms with Crippen LogP contribution in [0.3, 0.4) is 0 Å². The largest absolute Gasteiger partial charge is 0.462 e. The summed E-state index contributed by atoms with van der Waals surface area (Å²) in [6, 6.07) is 7.04. The number of primary amides is 1. The zero-order valence-electron chi connectivity index (χ0n) is 19.3. The summed E-state index contributed by atoms with van der Waals surface area (Å²) in [7, 11) is -4.21. The molecule has 1 aromatic heterocycles. The maximum atomic E-state index is 13.5. The van der Waals surface area contributed by atoms with Crippen LogP contribution >= 0.6 is 7.75 Å². The van der Waals surface area contributed by atoms with Crippen LogP contribution in [0.2, 0.25) is 0 Å². The summed E-state index contributed by atoms with van der Waals surface area (Å²) < 4.78 is 36.3. The third kappa shape index (κ3) is 6.84. The molecule has 0 spiro atoms. The Morgan fingerprint density at radius 3 is 2.51 bits per heavy atom. The molecule has 6 atom stereocenters. The second-order valence-electron chi connectivity index (χ2n) is 7.99. The predicted octanol–water partition coefficient (Wildman–Crippen LogP) is 0.130. The van der Waals surface area contributed by atoms with E-state index in [2.05, 4.69) is 15.2 Å². The lowest BCUT2D eigenvalue weighted by molar-refractivity contribution is -0.149. The van der Waals surface area contributed by atoms with Gasteiger partial charge in [0.2, 0.25) is 5.82 Å². The van der Waals surface area contributed by atoms with Crippen molar-refractivity contribution >= 4 is 19.6 Å². The molecule has 2 heterocycles. The van der Waals surface area contributed by atoms with Crippen molar-refractivity contribution in [1.29, 1.82) is 0 Å². The van der Waals surface area contributed by atoms with Crippen molar-refractivity contribution in [3.8, 4) is 5.75 Å². The number of para-hydroxylation sites is 1. The summed E-state index contributed by atoms with van der Waals surface area (Å²) >= 11 is 0. The first-order valence-corrected chi connectivity index (χ1v) is 12.2. The highest BCUT2D eigenvalue weighted by molar-refractivity contribution is 7.52. The highest BCUT2D eigenvalue weighted by Gasteiger charge is 2.46. The molecule has 1 saturated heterocycles. The molecule has 3 rings (SSSR count). The number of aliphatic hydroxyl groups excluding tert-OH is 2. The van der Waals surface area contributed by atoms with E-state index in [1.54, 1.807) is 32.0 Å². The maximum absolute atomic E-state index is 13.5. The number of hydrogen-bond acceptors (Lipinski definition) is 11. The first-order valence-electron chi connectivity index (χ1n) is 10.7. The Balaban J connectivity index is 1.72. The molecule has 5 N–H and O–H groups in total. The number of nitrogens with two attached hydrogens (primary N) is 1. The number of rotatable bonds is 11. The SMILES string of the molecule is CC(C)OC(=O)C(C)NP(=O)(OCC1OC(n2cnc(C(N)=O)n2)C(O)C1O)Oc1ccccc1. The summed E-state index contributed by atoms with van der Waals surface area (Å²) in [5.41, 5.74) is 5.13. The smallest absolute Gasteiger partial charge is 0.459 e. The van der Waals surface area contributed by atoms with E-state index in [0.29, 0.717) is 0 Å². The van der Waals surface area contributed by atoms with Gasteiger partial charge in [-0.05, 0) is 32.9 Å². The molecular weight excluding hydrogens is 485 g/mol.